The first-order valence-corrected chi connectivity index (χ1v) is 8.26. The molecule has 1 aromatic heterocycles. The molecule has 23 heavy (non-hydrogen) atoms. The molecule has 0 spiro atoms. The second-order valence-corrected chi connectivity index (χ2v) is 5.73. The highest BCUT2D eigenvalue weighted by atomic mass is 32.2. The third-order valence-electron chi connectivity index (χ3n) is 3.48. The van der Waals surface area contributed by atoms with E-state index < -0.39 is 0 Å². The number of imidazole rings is 1. The molecule has 0 atom stereocenters. The van der Waals surface area contributed by atoms with Crippen LogP contribution >= 0.6 is 11.8 Å². The van der Waals surface area contributed by atoms with E-state index in [1.54, 1.807) is 18.9 Å². The molecular formula is C18H15N3OS. The number of H-pyrrole nitrogens is 1. The van der Waals surface area contributed by atoms with Crippen LogP contribution in [-0.2, 0) is 0 Å². The van der Waals surface area contributed by atoms with Crippen LogP contribution in [0.2, 0.25) is 0 Å². The molecule has 0 bridgehead atoms. The maximum absolute atomic E-state index is 9.48. The van der Waals surface area contributed by atoms with Crippen molar-refractivity contribution in [2.24, 2.45) is 0 Å². The van der Waals surface area contributed by atoms with E-state index in [9.17, 15) is 5.26 Å². The predicted molar refractivity (Wildman–Crippen MR) is 94.4 cm³/mol. The number of thioether (sulfide) groups is 1. The van der Waals surface area contributed by atoms with E-state index in [2.05, 4.69) is 16.0 Å². The van der Waals surface area contributed by atoms with Crippen LogP contribution in [-0.4, -0.2) is 23.3 Å². The molecule has 0 aliphatic rings. The van der Waals surface area contributed by atoms with Crippen molar-refractivity contribution in [2.75, 3.05) is 13.4 Å². The number of allylic oxidation sites excluding steroid dienone is 1. The van der Waals surface area contributed by atoms with Crippen LogP contribution in [0.5, 0.6) is 5.75 Å². The lowest BCUT2D eigenvalue weighted by atomic mass is 10.1. The molecule has 0 unspecified atom stereocenters. The normalized spacial score (nSPS) is 11.4. The maximum atomic E-state index is 9.48. The number of rotatable bonds is 4. The third kappa shape index (κ3) is 3.08. The number of benzene rings is 2. The van der Waals surface area contributed by atoms with Crippen molar-refractivity contribution >= 4 is 34.4 Å². The number of para-hydroxylation sites is 2. The van der Waals surface area contributed by atoms with Crippen molar-refractivity contribution in [3.8, 4) is 11.8 Å². The lowest BCUT2D eigenvalue weighted by Gasteiger charge is -2.07. The summed E-state index contributed by atoms with van der Waals surface area (Å²) in [6, 6.07) is 15.8. The van der Waals surface area contributed by atoms with Crippen LogP contribution in [0.3, 0.4) is 0 Å². The second kappa shape index (κ2) is 6.59. The summed E-state index contributed by atoms with van der Waals surface area (Å²) in [5, 5.41) is 9.48. The molecule has 114 valence electrons. The van der Waals surface area contributed by atoms with Crippen LogP contribution in [0.4, 0.5) is 0 Å². The molecular weight excluding hydrogens is 306 g/mol. The van der Waals surface area contributed by atoms with Gasteiger partial charge in [0, 0.05) is 4.90 Å². The average Bonchev–Trinajstić information content (AvgIpc) is 3.03. The zero-order chi connectivity index (χ0) is 16.2. The van der Waals surface area contributed by atoms with Crippen LogP contribution in [0.1, 0.15) is 11.4 Å². The Morgan fingerprint density at radius 2 is 2.13 bits per heavy atom. The van der Waals surface area contributed by atoms with Gasteiger partial charge in [-0.3, -0.25) is 0 Å². The highest BCUT2D eigenvalue weighted by Crippen LogP contribution is 2.29. The van der Waals surface area contributed by atoms with Crippen LogP contribution in [0.25, 0.3) is 22.7 Å². The Bertz CT molecular complexity index is 888. The monoisotopic (exact) mass is 321 g/mol. The largest absolute Gasteiger partial charge is 0.496 e. The fourth-order valence-electron chi connectivity index (χ4n) is 2.34. The number of ether oxygens (including phenoxy) is 1. The minimum Gasteiger partial charge on any atom is -0.496 e. The summed E-state index contributed by atoms with van der Waals surface area (Å²) >= 11 is 1.62. The summed E-state index contributed by atoms with van der Waals surface area (Å²) in [6.45, 7) is 0. The Morgan fingerprint density at radius 3 is 2.83 bits per heavy atom. The maximum Gasteiger partial charge on any atom is 0.149 e. The topological polar surface area (TPSA) is 61.7 Å². The van der Waals surface area contributed by atoms with Gasteiger partial charge < -0.3 is 9.72 Å². The lowest BCUT2D eigenvalue weighted by molar-refractivity contribution is 0.405. The summed E-state index contributed by atoms with van der Waals surface area (Å²) in [5.41, 5.74) is 3.15. The number of hydrogen-bond acceptors (Lipinski definition) is 4. The number of nitrogens with zero attached hydrogens (tertiary/aromatic N) is 2. The molecule has 0 aliphatic carbocycles. The summed E-state index contributed by atoms with van der Waals surface area (Å²) < 4.78 is 5.39. The van der Waals surface area contributed by atoms with Gasteiger partial charge in [-0.2, -0.15) is 5.26 Å². The zero-order valence-corrected chi connectivity index (χ0v) is 13.6. The molecule has 5 heteroatoms. The first-order chi connectivity index (χ1) is 11.2. The van der Waals surface area contributed by atoms with Crippen molar-refractivity contribution in [1.29, 1.82) is 5.26 Å². The first kappa shape index (κ1) is 15.2. The van der Waals surface area contributed by atoms with Gasteiger partial charge in [0.1, 0.15) is 17.6 Å². The van der Waals surface area contributed by atoms with Crippen molar-refractivity contribution in [1.82, 2.24) is 9.97 Å². The zero-order valence-electron chi connectivity index (χ0n) is 12.8. The second-order valence-electron chi connectivity index (χ2n) is 4.89. The van der Waals surface area contributed by atoms with E-state index in [-0.39, 0.29) is 0 Å². The van der Waals surface area contributed by atoms with Crippen LogP contribution < -0.4 is 4.74 Å². The molecule has 0 fully saturated rings. The quantitative estimate of drug-likeness (QED) is 0.573. The number of fused-ring (bicyclic) bond motifs is 1. The summed E-state index contributed by atoms with van der Waals surface area (Å²) in [7, 11) is 1.65. The van der Waals surface area contributed by atoms with Gasteiger partial charge in [-0.25, -0.2) is 4.98 Å². The Morgan fingerprint density at radius 1 is 1.30 bits per heavy atom. The summed E-state index contributed by atoms with van der Waals surface area (Å²) in [5.74, 6) is 1.37. The molecule has 4 nitrogen and oxygen atoms in total. The number of aromatic nitrogens is 2. The molecule has 1 N–H and O–H groups in total. The van der Waals surface area contributed by atoms with Gasteiger partial charge in [-0.15, -0.1) is 11.8 Å². The van der Waals surface area contributed by atoms with Crippen molar-refractivity contribution in [3.05, 3.63) is 53.9 Å². The molecule has 0 saturated carbocycles. The SMILES string of the molecule is COc1cc(C=C(C#N)c2nc3ccccc3[nH]2)ccc1SC. The van der Waals surface area contributed by atoms with Crippen molar-refractivity contribution in [3.63, 3.8) is 0 Å². The Hall–Kier alpha value is -2.71. The van der Waals surface area contributed by atoms with Crippen molar-refractivity contribution in [2.45, 2.75) is 4.90 Å². The predicted octanol–water partition coefficient (Wildman–Crippen LogP) is 4.36. The van der Waals surface area contributed by atoms with Gasteiger partial charge in [0.15, 0.2) is 0 Å². The van der Waals surface area contributed by atoms with Gasteiger partial charge in [0.2, 0.25) is 0 Å². The van der Waals surface area contributed by atoms with Crippen LogP contribution in [0.15, 0.2) is 47.4 Å². The fourth-order valence-corrected chi connectivity index (χ4v) is 2.89. The molecule has 3 rings (SSSR count). The smallest absolute Gasteiger partial charge is 0.149 e. The highest BCUT2D eigenvalue weighted by molar-refractivity contribution is 7.98. The number of nitriles is 1. The minimum atomic E-state index is 0.486. The van der Waals surface area contributed by atoms with Crippen LogP contribution in [0, 0.1) is 11.3 Å². The molecule has 0 amide bonds. The summed E-state index contributed by atoms with van der Waals surface area (Å²) in [6.07, 6.45) is 3.81. The van der Waals surface area contributed by atoms with Gasteiger partial charge in [0.25, 0.3) is 0 Å². The van der Waals surface area contributed by atoms with E-state index in [0.717, 1.165) is 27.2 Å². The molecule has 3 aromatic rings. The van der Waals surface area contributed by atoms with Gasteiger partial charge in [0.05, 0.1) is 23.7 Å². The van der Waals surface area contributed by atoms with E-state index in [1.807, 2.05) is 54.8 Å². The number of methoxy groups -OCH3 is 1. The average molecular weight is 321 g/mol. The Labute approximate surface area is 138 Å². The van der Waals surface area contributed by atoms with E-state index in [1.165, 1.54) is 0 Å². The van der Waals surface area contributed by atoms with Gasteiger partial charge >= 0.3 is 0 Å². The van der Waals surface area contributed by atoms with E-state index in [4.69, 9.17) is 4.74 Å². The molecule has 0 radical (unpaired) electrons. The molecule has 0 aliphatic heterocycles. The standard InChI is InChI=1S/C18H15N3OS/c1-22-16-10-12(7-8-17(16)23-2)9-13(11-19)18-20-14-5-3-4-6-15(14)21-18/h3-10H,1-2H3,(H,20,21). The molecule has 1 heterocycles. The van der Waals surface area contributed by atoms with Crippen molar-refractivity contribution < 1.29 is 4.74 Å². The summed E-state index contributed by atoms with van der Waals surface area (Å²) in [4.78, 5) is 8.72. The lowest BCUT2D eigenvalue weighted by Crippen LogP contribution is -1.88. The highest BCUT2D eigenvalue weighted by Gasteiger charge is 2.09. The molecule has 2 aromatic carbocycles. The minimum absolute atomic E-state index is 0.486. The number of aromatic amines is 1. The number of hydrogen-bond donors (Lipinski definition) is 1. The number of nitrogens with one attached hydrogen (secondary N) is 1. The third-order valence-corrected chi connectivity index (χ3v) is 4.26. The molecule has 0 saturated heterocycles. The van der Waals surface area contributed by atoms with Gasteiger partial charge in [-0.1, -0.05) is 18.2 Å². The Balaban J connectivity index is 2.03. The first-order valence-electron chi connectivity index (χ1n) is 7.04. The fraction of sp³-hybridized carbons (Fsp3) is 0.111. The Kier molecular flexibility index (Phi) is 4.35. The van der Waals surface area contributed by atoms with Gasteiger partial charge in [-0.05, 0) is 42.2 Å². The van der Waals surface area contributed by atoms with E-state index >= 15 is 0 Å². The van der Waals surface area contributed by atoms with E-state index in [0.29, 0.717) is 11.4 Å².